The van der Waals surface area contributed by atoms with Gasteiger partial charge in [-0.15, -0.1) is 0 Å². The van der Waals surface area contributed by atoms with Crippen LogP contribution in [0.1, 0.15) is 13.3 Å². The Hall–Kier alpha value is -1.01. The topological polar surface area (TPSA) is 67.2 Å². The van der Waals surface area contributed by atoms with Crippen molar-refractivity contribution in [3.63, 3.8) is 0 Å². The number of nitrogens with one attached hydrogen (secondary N) is 1. The van der Waals surface area contributed by atoms with Crippen molar-refractivity contribution in [2.75, 3.05) is 12.3 Å². The number of rotatable bonds is 7. The summed E-state index contributed by atoms with van der Waals surface area (Å²) in [5.41, 5.74) is 0. The van der Waals surface area contributed by atoms with Crippen LogP contribution in [0.2, 0.25) is 0 Å². The van der Waals surface area contributed by atoms with E-state index in [1.807, 2.05) is 24.7 Å². The number of carboxylic acid groups (broad SMARTS) is 1. The van der Waals surface area contributed by atoms with Gasteiger partial charge in [0.25, 0.3) is 0 Å². The molecule has 2 N–H and O–H groups in total. The van der Waals surface area contributed by atoms with E-state index in [0.717, 1.165) is 18.1 Å². The molecular formula is C10H17N3O2S. The number of thioether (sulfide) groups is 1. The molecule has 0 radical (unpaired) electrons. The maximum Gasteiger partial charge on any atom is 0.321 e. The van der Waals surface area contributed by atoms with Gasteiger partial charge in [0.1, 0.15) is 6.04 Å². The average molecular weight is 243 g/mol. The first-order valence-corrected chi connectivity index (χ1v) is 6.20. The Labute approximate surface area is 99.3 Å². The minimum atomic E-state index is -0.810. The molecule has 0 amide bonds. The predicted octanol–water partition coefficient (Wildman–Crippen LogP) is 0.965. The fourth-order valence-electron chi connectivity index (χ4n) is 1.18. The molecule has 0 saturated carbocycles. The lowest BCUT2D eigenvalue weighted by molar-refractivity contribution is -0.138. The van der Waals surface area contributed by atoms with E-state index in [1.165, 1.54) is 11.8 Å². The largest absolute Gasteiger partial charge is 0.480 e. The summed E-state index contributed by atoms with van der Waals surface area (Å²) in [6.07, 6.45) is 4.48. The summed E-state index contributed by atoms with van der Waals surface area (Å²) in [5.74, 6) is -0.324. The average Bonchev–Trinajstić information content (AvgIpc) is 2.64. The number of nitrogens with zero attached hydrogens (tertiary/aromatic N) is 2. The molecule has 0 bridgehead atoms. The van der Waals surface area contributed by atoms with E-state index in [1.54, 1.807) is 6.20 Å². The Morgan fingerprint density at radius 2 is 2.50 bits per heavy atom. The second-order valence-electron chi connectivity index (χ2n) is 3.48. The van der Waals surface area contributed by atoms with Crippen LogP contribution < -0.4 is 5.32 Å². The van der Waals surface area contributed by atoms with Crippen molar-refractivity contribution in [2.45, 2.75) is 24.5 Å². The molecule has 1 atom stereocenters. The maximum absolute atomic E-state index is 10.9. The SMILES string of the molecule is CCCNC(CSc1nccn1C)C(=O)O. The monoisotopic (exact) mass is 243 g/mol. The van der Waals surface area contributed by atoms with Gasteiger partial charge in [0.15, 0.2) is 5.16 Å². The van der Waals surface area contributed by atoms with Crippen LogP contribution in [0, 0.1) is 0 Å². The lowest BCUT2D eigenvalue weighted by Crippen LogP contribution is -2.39. The van der Waals surface area contributed by atoms with Gasteiger partial charge in [-0.25, -0.2) is 4.98 Å². The molecule has 0 fully saturated rings. The van der Waals surface area contributed by atoms with Gasteiger partial charge in [0.2, 0.25) is 0 Å². The van der Waals surface area contributed by atoms with Crippen molar-refractivity contribution in [1.29, 1.82) is 0 Å². The Morgan fingerprint density at radius 3 is 3.00 bits per heavy atom. The van der Waals surface area contributed by atoms with E-state index >= 15 is 0 Å². The van der Waals surface area contributed by atoms with Crippen molar-refractivity contribution >= 4 is 17.7 Å². The van der Waals surface area contributed by atoms with Crippen molar-refractivity contribution in [3.05, 3.63) is 12.4 Å². The lowest BCUT2D eigenvalue weighted by Gasteiger charge is -2.12. The van der Waals surface area contributed by atoms with Crippen LogP contribution in [-0.4, -0.2) is 39.0 Å². The van der Waals surface area contributed by atoms with Gasteiger partial charge in [0.05, 0.1) is 0 Å². The zero-order valence-corrected chi connectivity index (χ0v) is 10.3. The van der Waals surface area contributed by atoms with E-state index in [2.05, 4.69) is 10.3 Å². The Balaban J connectivity index is 2.44. The van der Waals surface area contributed by atoms with Crippen molar-refractivity contribution in [1.82, 2.24) is 14.9 Å². The lowest BCUT2D eigenvalue weighted by atomic mass is 10.3. The molecule has 0 aliphatic heterocycles. The fourth-order valence-corrected chi connectivity index (χ4v) is 2.16. The number of carbonyl (C=O) groups is 1. The molecule has 0 saturated heterocycles. The van der Waals surface area contributed by atoms with Gasteiger partial charge in [-0.2, -0.15) is 0 Å². The molecule has 0 aliphatic carbocycles. The van der Waals surface area contributed by atoms with E-state index in [9.17, 15) is 4.79 Å². The summed E-state index contributed by atoms with van der Waals surface area (Å²) in [5, 5.41) is 12.8. The summed E-state index contributed by atoms with van der Waals surface area (Å²) in [6, 6.07) is -0.512. The van der Waals surface area contributed by atoms with E-state index < -0.39 is 12.0 Å². The summed E-state index contributed by atoms with van der Waals surface area (Å²) < 4.78 is 1.88. The number of aromatic nitrogens is 2. The van der Waals surface area contributed by atoms with Crippen LogP contribution in [0.4, 0.5) is 0 Å². The molecule has 1 aromatic heterocycles. The zero-order valence-electron chi connectivity index (χ0n) is 9.51. The van der Waals surface area contributed by atoms with Gasteiger partial charge >= 0.3 is 5.97 Å². The summed E-state index contributed by atoms with van der Waals surface area (Å²) in [4.78, 5) is 15.1. The smallest absolute Gasteiger partial charge is 0.321 e. The summed E-state index contributed by atoms with van der Waals surface area (Å²) in [6.45, 7) is 2.73. The van der Waals surface area contributed by atoms with Crippen LogP contribution >= 0.6 is 11.8 Å². The van der Waals surface area contributed by atoms with Gasteiger partial charge in [-0.1, -0.05) is 18.7 Å². The number of imidazole rings is 1. The highest BCUT2D eigenvalue weighted by Gasteiger charge is 2.17. The highest BCUT2D eigenvalue weighted by atomic mass is 32.2. The molecule has 6 heteroatoms. The molecule has 0 aliphatic rings. The first-order valence-electron chi connectivity index (χ1n) is 5.21. The number of aryl methyl sites for hydroxylation is 1. The van der Waals surface area contributed by atoms with E-state index in [0.29, 0.717) is 5.75 Å². The van der Waals surface area contributed by atoms with Crippen molar-refractivity contribution in [3.8, 4) is 0 Å². The molecule has 1 rings (SSSR count). The predicted molar refractivity (Wildman–Crippen MR) is 63.6 cm³/mol. The Bertz CT molecular complexity index is 341. The molecule has 1 heterocycles. The number of hydrogen-bond donors (Lipinski definition) is 2. The third-order valence-corrected chi connectivity index (χ3v) is 3.25. The first-order chi connectivity index (χ1) is 7.65. The molecule has 0 spiro atoms. The normalized spacial score (nSPS) is 12.6. The van der Waals surface area contributed by atoms with Crippen LogP contribution in [0.3, 0.4) is 0 Å². The quantitative estimate of drug-likeness (QED) is 0.698. The van der Waals surface area contributed by atoms with Crippen LogP contribution in [-0.2, 0) is 11.8 Å². The van der Waals surface area contributed by atoms with Gasteiger partial charge in [-0.3, -0.25) is 4.79 Å². The number of aliphatic carboxylic acids is 1. The second kappa shape index (κ2) is 6.55. The van der Waals surface area contributed by atoms with Crippen LogP contribution in [0.25, 0.3) is 0 Å². The third-order valence-electron chi connectivity index (χ3n) is 2.09. The number of hydrogen-bond acceptors (Lipinski definition) is 4. The summed E-state index contributed by atoms with van der Waals surface area (Å²) in [7, 11) is 1.89. The fraction of sp³-hybridized carbons (Fsp3) is 0.600. The van der Waals surface area contributed by atoms with Gasteiger partial charge < -0.3 is 15.0 Å². The number of carboxylic acids is 1. The maximum atomic E-state index is 10.9. The van der Waals surface area contributed by atoms with E-state index in [4.69, 9.17) is 5.11 Å². The Morgan fingerprint density at radius 1 is 1.75 bits per heavy atom. The second-order valence-corrected chi connectivity index (χ2v) is 4.46. The molecule has 16 heavy (non-hydrogen) atoms. The molecule has 1 unspecified atom stereocenters. The molecular weight excluding hydrogens is 226 g/mol. The zero-order chi connectivity index (χ0) is 12.0. The minimum absolute atomic E-state index is 0.486. The molecule has 0 aromatic carbocycles. The van der Waals surface area contributed by atoms with E-state index in [-0.39, 0.29) is 0 Å². The highest BCUT2D eigenvalue weighted by Crippen LogP contribution is 2.15. The van der Waals surface area contributed by atoms with Gasteiger partial charge in [-0.05, 0) is 13.0 Å². The molecule has 1 aromatic rings. The van der Waals surface area contributed by atoms with Gasteiger partial charge in [0, 0.05) is 25.2 Å². The molecule has 90 valence electrons. The first kappa shape index (κ1) is 13.1. The Kier molecular flexibility index (Phi) is 5.34. The molecule has 5 nitrogen and oxygen atoms in total. The van der Waals surface area contributed by atoms with Crippen molar-refractivity contribution < 1.29 is 9.90 Å². The van der Waals surface area contributed by atoms with Crippen LogP contribution in [0.5, 0.6) is 0 Å². The summed E-state index contributed by atoms with van der Waals surface area (Å²) >= 11 is 1.45. The van der Waals surface area contributed by atoms with Crippen molar-refractivity contribution in [2.24, 2.45) is 7.05 Å². The third kappa shape index (κ3) is 3.86. The van der Waals surface area contributed by atoms with Crippen LogP contribution in [0.15, 0.2) is 17.6 Å². The minimum Gasteiger partial charge on any atom is -0.480 e. The standard InChI is InChI=1S/C10H17N3O2S/c1-3-4-11-8(9(14)15)7-16-10-12-5-6-13(10)2/h5-6,8,11H,3-4,7H2,1-2H3,(H,14,15). The highest BCUT2D eigenvalue weighted by molar-refractivity contribution is 7.99.